The molecule has 1 aromatic heterocycles. The Morgan fingerprint density at radius 3 is 2.83 bits per heavy atom. The predicted molar refractivity (Wildman–Crippen MR) is 135 cm³/mol. The van der Waals surface area contributed by atoms with Crippen LogP contribution in [0.3, 0.4) is 0 Å². The lowest BCUT2D eigenvalue weighted by Gasteiger charge is -2.27. The summed E-state index contributed by atoms with van der Waals surface area (Å²) in [6.45, 7) is 2.22. The molecule has 2 aliphatic heterocycles. The highest BCUT2D eigenvalue weighted by Gasteiger charge is 2.61. The summed E-state index contributed by atoms with van der Waals surface area (Å²) in [5.41, 5.74) is -0.192. The quantitative estimate of drug-likeness (QED) is 0.636. The molecule has 0 unspecified atom stereocenters. The Labute approximate surface area is 211 Å². The molecular weight excluding hydrogens is 458 g/mol. The number of nitrogens with zero attached hydrogens (tertiary/aromatic N) is 2. The number of carbonyl (C=O) groups excluding carboxylic acids is 2. The molecule has 8 heteroatoms. The summed E-state index contributed by atoms with van der Waals surface area (Å²) in [5, 5.41) is 13.8. The average Bonchev–Trinajstić information content (AvgIpc) is 3.18. The number of carboxylic acids is 1. The van der Waals surface area contributed by atoms with Crippen LogP contribution in [-0.4, -0.2) is 56.6 Å². The van der Waals surface area contributed by atoms with E-state index in [9.17, 15) is 19.5 Å². The molecule has 1 saturated heterocycles. The largest absolute Gasteiger partial charge is 0.488 e. The Kier molecular flexibility index (Phi) is 6.53. The fourth-order valence-corrected chi connectivity index (χ4v) is 5.72. The number of hydrogen-bond donors (Lipinski definition) is 2. The molecule has 5 rings (SSSR count). The van der Waals surface area contributed by atoms with Gasteiger partial charge in [0.15, 0.2) is 0 Å². The maximum Gasteiger partial charge on any atom is 0.330 e. The van der Waals surface area contributed by atoms with Crippen molar-refractivity contribution in [2.75, 3.05) is 6.54 Å². The third-order valence-electron chi connectivity index (χ3n) is 8.05. The second kappa shape index (κ2) is 9.64. The van der Waals surface area contributed by atoms with Gasteiger partial charge in [-0.05, 0) is 49.9 Å². The van der Waals surface area contributed by atoms with E-state index in [0.717, 1.165) is 43.0 Å². The molecule has 2 N–H and O–H groups in total. The molecule has 1 aromatic carbocycles. The zero-order valence-electron chi connectivity index (χ0n) is 21.0. The zero-order chi connectivity index (χ0) is 25.4. The number of carboxylic acid groups (broad SMARTS) is 1. The van der Waals surface area contributed by atoms with Crippen molar-refractivity contribution < 1.29 is 24.2 Å². The molecule has 0 radical (unpaired) electrons. The van der Waals surface area contributed by atoms with Gasteiger partial charge >= 0.3 is 5.97 Å². The monoisotopic (exact) mass is 493 g/mol. The van der Waals surface area contributed by atoms with E-state index in [4.69, 9.17) is 4.74 Å². The molecule has 5 atom stereocenters. The van der Waals surface area contributed by atoms with E-state index in [2.05, 4.69) is 5.32 Å². The van der Waals surface area contributed by atoms with Crippen LogP contribution in [0.15, 0.2) is 42.6 Å². The highest BCUT2D eigenvalue weighted by atomic mass is 16.5. The Hall–Kier alpha value is -3.29. The summed E-state index contributed by atoms with van der Waals surface area (Å²) in [5.74, 6) is -1.24. The molecule has 3 heterocycles. The molecule has 2 aromatic rings. The summed E-state index contributed by atoms with van der Waals surface area (Å²) < 4.78 is 8.30. The van der Waals surface area contributed by atoms with Crippen molar-refractivity contribution in [2.24, 2.45) is 18.9 Å². The number of aryl methyl sites for hydroxylation is 1. The lowest BCUT2D eigenvalue weighted by atomic mass is 10.0. The van der Waals surface area contributed by atoms with Gasteiger partial charge in [0.1, 0.15) is 23.4 Å². The van der Waals surface area contributed by atoms with Crippen molar-refractivity contribution in [3.8, 4) is 5.75 Å². The standard InChI is InChI=1S/C28H35N3O5/c1-18-8-6-4-3-5-7-9-20-16-28(20,27(34)35)29-25(32)24-15-22(17-31(24)26(18)33)36-21-10-11-23-19(14-21)12-13-30(23)2/h7,9-14,18,20,22,24H,3-6,8,15-17H2,1-2H3,(H,29,32)(H,34,35)/b9-7-/t18-,20+,22+,24-,28+/m0/s1. The van der Waals surface area contributed by atoms with Crippen molar-refractivity contribution in [3.05, 3.63) is 42.6 Å². The minimum Gasteiger partial charge on any atom is -0.488 e. The van der Waals surface area contributed by atoms with Gasteiger partial charge in [-0.3, -0.25) is 9.59 Å². The lowest BCUT2D eigenvalue weighted by molar-refractivity contribution is -0.146. The van der Waals surface area contributed by atoms with Crippen molar-refractivity contribution in [2.45, 2.75) is 69.6 Å². The Balaban J connectivity index is 1.38. The van der Waals surface area contributed by atoms with Crippen LogP contribution in [0.5, 0.6) is 5.75 Å². The van der Waals surface area contributed by atoms with Gasteiger partial charge in [0.25, 0.3) is 0 Å². The van der Waals surface area contributed by atoms with E-state index in [1.165, 1.54) is 0 Å². The van der Waals surface area contributed by atoms with Crippen molar-refractivity contribution in [1.82, 2.24) is 14.8 Å². The van der Waals surface area contributed by atoms with E-state index >= 15 is 0 Å². The third kappa shape index (κ3) is 4.61. The smallest absolute Gasteiger partial charge is 0.330 e. The Morgan fingerprint density at radius 2 is 2.03 bits per heavy atom. The highest BCUT2D eigenvalue weighted by Crippen LogP contribution is 2.45. The first-order chi connectivity index (χ1) is 17.3. The number of aromatic nitrogens is 1. The number of hydrogen-bond acceptors (Lipinski definition) is 4. The van der Waals surface area contributed by atoms with Gasteiger partial charge in [-0.2, -0.15) is 0 Å². The second-order valence-corrected chi connectivity index (χ2v) is 10.7. The molecule has 2 fully saturated rings. The zero-order valence-corrected chi connectivity index (χ0v) is 21.0. The summed E-state index contributed by atoms with van der Waals surface area (Å²) >= 11 is 0. The SMILES string of the molecule is C[C@H]1CCCCC/C=C\[C@@H]2C[C@@]2(C(=O)O)NC(=O)[C@@H]2C[C@@H](Oc3ccc4c(ccn4C)c3)CN2C1=O. The van der Waals surface area contributed by atoms with Gasteiger partial charge in [-0.25, -0.2) is 4.79 Å². The molecule has 8 nitrogen and oxygen atoms in total. The summed E-state index contributed by atoms with van der Waals surface area (Å²) in [6, 6.07) is 7.14. The number of ether oxygens (including phenoxy) is 1. The number of allylic oxidation sites excluding steroid dienone is 1. The van der Waals surface area contributed by atoms with Crippen molar-refractivity contribution in [3.63, 3.8) is 0 Å². The van der Waals surface area contributed by atoms with Crippen LogP contribution < -0.4 is 10.1 Å². The van der Waals surface area contributed by atoms with Gasteiger partial charge in [-0.15, -0.1) is 0 Å². The number of amides is 2. The first kappa shape index (κ1) is 24.4. The predicted octanol–water partition coefficient (Wildman–Crippen LogP) is 3.64. The molecule has 3 aliphatic rings. The molecule has 1 saturated carbocycles. The summed E-state index contributed by atoms with van der Waals surface area (Å²) in [7, 11) is 1.99. The Bertz CT molecular complexity index is 1200. The molecule has 192 valence electrons. The summed E-state index contributed by atoms with van der Waals surface area (Å²) in [4.78, 5) is 40.7. The van der Waals surface area contributed by atoms with Crippen molar-refractivity contribution >= 4 is 28.7 Å². The highest BCUT2D eigenvalue weighted by molar-refractivity contribution is 5.95. The average molecular weight is 494 g/mol. The Morgan fingerprint density at radius 1 is 1.19 bits per heavy atom. The molecule has 1 aliphatic carbocycles. The number of benzene rings is 1. The molecule has 36 heavy (non-hydrogen) atoms. The van der Waals surface area contributed by atoms with Crippen LogP contribution in [0.1, 0.15) is 51.9 Å². The number of carbonyl (C=O) groups is 3. The van der Waals surface area contributed by atoms with Gasteiger partial charge in [0.05, 0.1) is 6.54 Å². The number of rotatable bonds is 3. The van der Waals surface area contributed by atoms with E-state index in [0.29, 0.717) is 25.1 Å². The first-order valence-electron chi connectivity index (χ1n) is 13.0. The van der Waals surface area contributed by atoms with E-state index in [1.54, 1.807) is 4.90 Å². The molecule has 0 bridgehead atoms. The van der Waals surface area contributed by atoms with Crippen LogP contribution in [0.2, 0.25) is 0 Å². The molecule has 2 amide bonds. The van der Waals surface area contributed by atoms with Crippen LogP contribution in [0.4, 0.5) is 0 Å². The topological polar surface area (TPSA) is 101 Å². The number of aliphatic carboxylic acids is 1. The lowest BCUT2D eigenvalue weighted by Crippen LogP contribution is -2.53. The van der Waals surface area contributed by atoms with Gasteiger partial charge in [-0.1, -0.05) is 31.9 Å². The first-order valence-corrected chi connectivity index (χ1v) is 13.0. The van der Waals surface area contributed by atoms with Crippen LogP contribution in [-0.2, 0) is 21.4 Å². The van der Waals surface area contributed by atoms with Crippen molar-refractivity contribution in [1.29, 1.82) is 0 Å². The minimum atomic E-state index is -1.29. The van der Waals surface area contributed by atoms with Gasteiger partial charge in [0.2, 0.25) is 11.8 Å². The number of nitrogens with one attached hydrogen (secondary N) is 1. The van der Waals surface area contributed by atoms with E-state index in [-0.39, 0.29) is 23.8 Å². The van der Waals surface area contributed by atoms with E-state index < -0.39 is 23.5 Å². The molecule has 0 spiro atoms. The molecular formula is C28H35N3O5. The second-order valence-electron chi connectivity index (χ2n) is 10.7. The normalized spacial score (nSPS) is 32.1. The minimum absolute atomic E-state index is 0.0653. The van der Waals surface area contributed by atoms with Gasteiger partial charge in [0, 0.05) is 42.4 Å². The van der Waals surface area contributed by atoms with Crippen LogP contribution >= 0.6 is 0 Å². The van der Waals surface area contributed by atoms with Gasteiger partial charge < -0.3 is 24.6 Å². The maximum atomic E-state index is 13.5. The maximum absolute atomic E-state index is 13.5. The van der Waals surface area contributed by atoms with Crippen LogP contribution in [0.25, 0.3) is 10.9 Å². The fourth-order valence-electron chi connectivity index (χ4n) is 5.72. The van der Waals surface area contributed by atoms with E-state index in [1.807, 2.05) is 61.2 Å². The third-order valence-corrected chi connectivity index (χ3v) is 8.05. The van der Waals surface area contributed by atoms with Crippen LogP contribution in [0, 0.1) is 11.8 Å². The number of fused-ring (bicyclic) bond motifs is 3. The summed E-state index contributed by atoms with van der Waals surface area (Å²) in [6.07, 6.45) is 10.9. The fraction of sp³-hybridized carbons (Fsp3) is 0.536.